The molecule has 0 heterocycles. The summed E-state index contributed by atoms with van der Waals surface area (Å²) in [5.74, 6) is 0.959. The summed E-state index contributed by atoms with van der Waals surface area (Å²) in [7, 11) is -4.02. The molecule has 23 heavy (non-hydrogen) atoms. The highest BCUT2D eigenvalue weighted by Crippen LogP contribution is 2.26. The fourth-order valence-corrected chi connectivity index (χ4v) is 3.17. The molecule has 1 aromatic rings. The molecule has 0 atom stereocenters. The molecule has 0 amide bonds. The maximum atomic E-state index is 10.5. The number of allylic oxidation sites excluding steroid dienone is 2. The summed E-state index contributed by atoms with van der Waals surface area (Å²) < 4.78 is 29.6. The number of benzene rings is 1. The predicted molar refractivity (Wildman–Crippen MR) is 95.0 cm³/mol. The quantitative estimate of drug-likeness (QED) is 0.639. The van der Waals surface area contributed by atoms with E-state index in [9.17, 15) is 8.42 Å². The van der Waals surface area contributed by atoms with E-state index in [2.05, 4.69) is 19.1 Å². The van der Waals surface area contributed by atoms with Crippen LogP contribution in [0.25, 0.3) is 0 Å². The fourth-order valence-electron chi connectivity index (χ4n) is 2.69. The van der Waals surface area contributed by atoms with E-state index >= 15 is 0 Å². The highest BCUT2D eigenvalue weighted by atomic mass is 32.2. The van der Waals surface area contributed by atoms with Crippen LogP contribution < -0.4 is 5.73 Å². The van der Waals surface area contributed by atoms with Gasteiger partial charge in [0.05, 0.1) is 4.90 Å². The number of hydrogen-bond donors (Lipinski definition) is 2. The first kappa shape index (κ1) is 19.9. The molecule has 0 aliphatic heterocycles. The van der Waals surface area contributed by atoms with Gasteiger partial charge in [0.1, 0.15) is 0 Å². The van der Waals surface area contributed by atoms with Crippen LogP contribution in [0.5, 0.6) is 0 Å². The third-order valence-electron chi connectivity index (χ3n) is 4.19. The minimum absolute atomic E-state index is 0.0666. The fraction of sp³-hybridized carbons (Fsp3) is 0.556. The van der Waals surface area contributed by atoms with Gasteiger partial charge in [-0.15, -0.1) is 0 Å². The van der Waals surface area contributed by atoms with Crippen LogP contribution in [0, 0.1) is 12.8 Å². The first-order valence-electron chi connectivity index (χ1n) is 8.23. The zero-order valence-corrected chi connectivity index (χ0v) is 14.9. The van der Waals surface area contributed by atoms with Crippen LogP contribution in [0.1, 0.15) is 51.0 Å². The minimum Gasteiger partial charge on any atom is -0.328 e. The van der Waals surface area contributed by atoms with E-state index < -0.39 is 10.1 Å². The van der Waals surface area contributed by atoms with E-state index in [1.807, 2.05) is 6.92 Å². The van der Waals surface area contributed by atoms with Gasteiger partial charge in [-0.3, -0.25) is 4.55 Å². The number of nitrogens with two attached hydrogens (primary N) is 1. The molecule has 1 aliphatic carbocycles. The molecule has 1 aliphatic rings. The molecule has 1 fully saturated rings. The second-order valence-corrected chi connectivity index (χ2v) is 7.64. The van der Waals surface area contributed by atoms with Crippen LogP contribution in [0.4, 0.5) is 0 Å². The molecule has 0 radical (unpaired) electrons. The summed E-state index contributed by atoms with van der Waals surface area (Å²) in [6, 6.07) is 6.49. The first-order valence-corrected chi connectivity index (χ1v) is 9.67. The van der Waals surface area contributed by atoms with E-state index in [0.29, 0.717) is 6.04 Å². The van der Waals surface area contributed by atoms with Crippen LogP contribution in [0.15, 0.2) is 41.3 Å². The number of hydrogen-bond acceptors (Lipinski definition) is 3. The molecule has 4 nitrogen and oxygen atoms in total. The van der Waals surface area contributed by atoms with Crippen molar-refractivity contribution < 1.29 is 13.0 Å². The summed E-state index contributed by atoms with van der Waals surface area (Å²) >= 11 is 0. The molecule has 0 spiro atoms. The van der Waals surface area contributed by atoms with Gasteiger partial charge in [-0.25, -0.2) is 0 Å². The first-order chi connectivity index (χ1) is 10.8. The third-order valence-corrected chi connectivity index (χ3v) is 5.06. The van der Waals surface area contributed by atoms with E-state index in [-0.39, 0.29) is 4.90 Å². The minimum atomic E-state index is -4.02. The van der Waals surface area contributed by atoms with Crippen molar-refractivity contribution in [2.24, 2.45) is 11.7 Å². The summed E-state index contributed by atoms with van der Waals surface area (Å²) in [5, 5.41) is 0. The Hall–Kier alpha value is -1.17. The lowest BCUT2D eigenvalue weighted by Gasteiger charge is -2.25. The molecular formula is C18H29NO3S. The van der Waals surface area contributed by atoms with Crippen molar-refractivity contribution in [1.29, 1.82) is 0 Å². The zero-order valence-electron chi connectivity index (χ0n) is 14.1. The van der Waals surface area contributed by atoms with Crippen molar-refractivity contribution in [1.82, 2.24) is 0 Å². The Morgan fingerprint density at radius 2 is 1.74 bits per heavy atom. The van der Waals surface area contributed by atoms with Crippen molar-refractivity contribution >= 4 is 10.1 Å². The number of rotatable bonds is 4. The summed E-state index contributed by atoms with van der Waals surface area (Å²) in [5.41, 5.74) is 6.79. The second kappa shape index (κ2) is 9.85. The van der Waals surface area contributed by atoms with Crippen LogP contribution in [-0.4, -0.2) is 19.0 Å². The second-order valence-electron chi connectivity index (χ2n) is 6.22. The van der Waals surface area contributed by atoms with Gasteiger partial charge in [-0.2, -0.15) is 8.42 Å². The van der Waals surface area contributed by atoms with Gasteiger partial charge < -0.3 is 5.73 Å². The SMILES string of the molecule is CC=CCCC1CCC(N)CC1.Cc1ccc(S(=O)(=O)O)cc1. The maximum Gasteiger partial charge on any atom is 0.294 e. The Bertz CT molecular complexity index is 571. The van der Waals surface area contributed by atoms with Crippen LogP contribution in [0.3, 0.4) is 0 Å². The number of aryl methyl sites for hydroxylation is 1. The van der Waals surface area contributed by atoms with Crippen molar-refractivity contribution in [3.8, 4) is 0 Å². The Kier molecular flexibility index (Phi) is 8.52. The molecule has 0 bridgehead atoms. The molecule has 1 aromatic carbocycles. The lowest BCUT2D eigenvalue weighted by Crippen LogP contribution is -2.26. The van der Waals surface area contributed by atoms with Gasteiger partial charge in [-0.05, 0) is 70.4 Å². The average molecular weight is 340 g/mol. The average Bonchev–Trinajstić information content (AvgIpc) is 2.50. The van der Waals surface area contributed by atoms with Crippen molar-refractivity contribution in [3.63, 3.8) is 0 Å². The van der Waals surface area contributed by atoms with Crippen LogP contribution in [0.2, 0.25) is 0 Å². The van der Waals surface area contributed by atoms with Gasteiger partial charge in [0.15, 0.2) is 0 Å². The summed E-state index contributed by atoms with van der Waals surface area (Å²) in [6.45, 7) is 3.94. The Morgan fingerprint density at radius 1 is 1.17 bits per heavy atom. The zero-order chi connectivity index (χ0) is 17.3. The monoisotopic (exact) mass is 339 g/mol. The van der Waals surface area contributed by atoms with Gasteiger partial charge in [0.25, 0.3) is 10.1 Å². The normalized spacial score (nSPS) is 21.7. The van der Waals surface area contributed by atoms with E-state index in [1.54, 1.807) is 12.1 Å². The van der Waals surface area contributed by atoms with E-state index in [0.717, 1.165) is 11.5 Å². The van der Waals surface area contributed by atoms with Crippen LogP contribution >= 0.6 is 0 Å². The van der Waals surface area contributed by atoms with Crippen molar-refractivity contribution in [2.75, 3.05) is 0 Å². The maximum absolute atomic E-state index is 10.5. The van der Waals surface area contributed by atoms with Gasteiger partial charge in [-0.1, -0.05) is 29.8 Å². The Balaban J connectivity index is 0.000000231. The smallest absolute Gasteiger partial charge is 0.294 e. The Morgan fingerprint density at radius 3 is 2.22 bits per heavy atom. The van der Waals surface area contributed by atoms with E-state index in [1.165, 1.54) is 50.7 Å². The lowest BCUT2D eigenvalue weighted by molar-refractivity contribution is 0.312. The van der Waals surface area contributed by atoms with Gasteiger partial charge in [0, 0.05) is 6.04 Å². The van der Waals surface area contributed by atoms with E-state index in [4.69, 9.17) is 10.3 Å². The van der Waals surface area contributed by atoms with Crippen LogP contribution in [-0.2, 0) is 10.1 Å². The molecule has 2 rings (SSSR count). The highest BCUT2D eigenvalue weighted by molar-refractivity contribution is 7.85. The van der Waals surface area contributed by atoms with Crippen molar-refractivity contribution in [3.05, 3.63) is 42.0 Å². The molecule has 5 heteroatoms. The summed E-state index contributed by atoms with van der Waals surface area (Å²) in [4.78, 5) is -0.0666. The Labute approximate surface area is 140 Å². The molecule has 0 aromatic heterocycles. The highest BCUT2D eigenvalue weighted by Gasteiger charge is 2.17. The van der Waals surface area contributed by atoms with Gasteiger partial charge in [0.2, 0.25) is 0 Å². The molecule has 1 saturated carbocycles. The van der Waals surface area contributed by atoms with Crippen molar-refractivity contribution in [2.45, 2.75) is 63.3 Å². The molecule has 0 unspecified atom stereocenters. The molecular weight excluding hydrogens is 310 g/mol. The topological polar surface area (TPSA) is 80.4 Å². The standard InChI is InChI=1S/C11H21N.C7H8O3S/c1-2-3-4-5-10-6-8-11(12)9-7-10;1-6-2-4-7(5-3-6)11(8,9)10/h2-3,10-11H,4-9,12H2,1H3;2-5H,1H3,(H,8,9,10). The van der Waals surface area contributed by atoms with Gasteiger partial charge >= 0.3 is 0 Å². The molecule has 0 saturated heterocycles. The third kappa shape index (κ3) is 8.30. The largest absolute Gasteiger partial charge is 0.328 e. The molecule has 130 valence electrons. The molecule has 3 N–H and O–H groups in total. The summed E-state index contributed by atoms with van der Waals surface area (Å²) in [6.07, 6.45) is 12.3. The predicted octanol–water partition coefficient (Wildman–Crippen LogP) is 4.10. The lowest BCUT2D eigenvalue weighted by atomic mass is 9.84.